The lowest BCUT2D eigenvalue weighted by Gasteiger charge is -2.15. The molecule has 0 aliphatic heterocycles. The highest BCUT2D eigenvalue weighted by Gasteiger charge is 2.16. The van der Waals surface area contributed by atoms with E-state index in [0.717, 1.165) is 15.6 Å². The molecule has 0 heterocycles. The van der Waals surface area contributed by atoms with Crippen molar-refractivity contribution in [2.45, 2.75) is 18.7 Å². The van der Waals surface area contributed by atoms with Crippen LogP contribution in [0.5, 0.6) is 0 Å². The lowest BCUT2D eigenvalue weighted by atomic mass is 10.00. The SMILES string of the molecule is Cc1cc(C(Br)c2ccc(Cl)cc2Br)cc(C)c1F. The van der Waals surface area contributed by atoms with Gasteiger partial charge in [-0.25, -0.2) is 4.39 Å². The van der Waals surface area contributed by atoms with Crippen molar-refractivity contribution >= 4 is 43.5 Å². The smallest absolute Gasteiger partial charge is 0.129 e. The van der Waals surface area contributed by atoms with Gasteiger partial charge < -0.3 is 0 Å². The van der Waals surface area contributed by atoms with Crippen LogP contribution >= 0.6 is 43.5 Å². The van der Waals surface area contributed by atoms with Gasteiger partial charge in [-0.3, -0.25) is 0 Å². The van der Waals surface area contributed by atoms with Crippen LogP contribution in [-0.4, -0.2) is 0 Å². The Morgan fingerprint density at radius 3 is 2.21 bits per heavy atom. The monoisotopic (exact) mass is 404 g/mol. The second-order valence-electron chi connectivity index (χ2n) is 4.50. The van der Waals surface area contributed by atoms with E-state index in [1.54, 1.807) is 13.8 Å². The van der Waals surface area contributed by atoms with Crippen molar-refractivity contribution in [1.82, 2.24) is 0 Å². The Morgan fingerprint density at radius 1 is 1.11 bits per heavy atom. The summed E-state index contributed by atoms with van der Waals surface area (Å²) in [5, 5.41) is 0.682. The zero-order valence-corrected chi connectivity index (χ0v) is 14.4. The van der Waals surface area contributed by atoms with Crippen LogP contribution in [0.4, 0.5) is 4.39 Å². The quantitative estimate of drug-likeness (QED) is 0.510. The zero-order valence-electron chi connectivity index (χ0n) is 10.5. The summed E-state index contributed by atoms with van der Waals surface area (Å²) in [4.78, 5) is -0.00265. The topological polar surface area (TPSA) is 0 Å². The Morgan fingerprint density at radius 2 is 1.68 bits per heavy atom. The highest BCUT2D eigenvalue weighted by atomic mass is 79.9. The summed E-state index contributed by atoms with van der Waals surface area (Å²) in [7, 11) is 0. The van der Waals surface area contributed by atoms with Gasteiger partial charge in [-0.2, -0.15) is 0 Å². The third-order valence-electron chi connectivity index (χ3n) is 2.99. The van der Waals surface area contributed by atoms with Gasteiger partial charge in [0.05, 0.1) is 4.83 Å². The first-order valence-corrected chi connectivity index (χ1v) is 7.84. The second kappa shape index (κ2) is 5.94. The van der Waals surface area contributed by atoms with E-state index in [4.69, 9.17) is 11.6 Å². The van der Waals surface area contributed by atoms with Crippen molar-refractivity contribution in [3.8, 4) is 0 Å². The Labute approximate surface area is 134 Å². The Balaban J connectivity index is 2.47. The molecule has 0 nitrogen and oxygen atoms in total. The molecule has 0 saturated heterocycles. The van der Waals surface area contributed by atoms with Gasteiger partial charge >= 0.3 is 0 Å². The molecule has 0 spiro atoms. The summed E-state index contributed by atoms with van der Waals surface area (Å²) in [6.07, 6.45) is 0. The average Bonchev–Trinajstić information content (AvgIpc) is 2.34. The first-order valence-electron chi connectivity index (χ1n) is 5.76. The minimum absolute atomic E-state index is 0.00265. The largest absolute Gasteiger partial charge is 0.206 e. The Hall–Kier alpha value is -0.380. The minimum atomic E-state index is -0.140. The molecule has 1 unspecified atom stereocenters. The summed E-state index contributed by atoms with van der Waals surface area (Å²) in [5.41, 5.74) is 3.41. The molecule has 2 aromatic carbocycles. The summed E-state index contributed by atoms with van der Waals surface area (Å²) in [6, 6.07) is 9.39. The fourth-order valence-corrected chi connectivity index (χ4v) is 3.89. The van der Waals surface area contributed by atoms with Gasteiger partial charge in [-0.15, -0.1) is 0 Å². The maximum Gasteiger partial charge on any atom is 0.129 e. The van der Waals surface area contributed by atoms with E-state index in [-0.39, 0.29) is 10.6 Å². The number of alkyl halides is 1. The van der Waals surface area contributed by atoms with Gasteiger partial charge in [0.15, 0.2) is 0 Å². The van der Waals surface area contributed by atoms with Crippen LogP contribution in [0.2, 0.25) is 5.02 Å². The van der Waals surface area contributed by atoms with Crippen molar-refractivity contribution in [2.75, 3.05) is 0 Å². The number of benzene rings is 2. The van der Waals surface area contributed by atoms with Crippen molar-refractivity contribution in [3.05, 3.63) is 67.9 Å². The van der Waals surface area contributed by atoms with Gasteiger partial charge in [-0.05, 0) is 48.2 Å². The van der Waals surface area contributed by atoms with Gasteiger partial charge in [-0.1, -0.05) is 61.7 Å². The molecule has 0 amide bonds. The predicted octanol–water partition coefficient (Wildman–Crippen LogP) is 6.34. The fraction of sp³-hybridized carbons (Fsp3) is 0.200. The molecule has 1 atom stereocenters. The molecule has 2 rings (SSSR count). The lowest BCUT2D eigenvalue weighted by molar-refractivity contribution is 0.608. The third-order valence-corrected chi connectivity index (χ3v) is 4.93. The number of rotatable bonds is 2. The number of halogens is 4. The maximum absolute atomic E-state index is 13.7. The molecule has 0 fully saturated rings. The summed E-state index contributed by atoms with van der Waals surface area (Å²) in [5.74, 6) is -0.140. The van der Waals surface area contributed by atoms with Gasteiger partial charge in [0.25, 0.3) is 0 Å². The van der Waals surface area contributed by atoms with Crippen LogP contribution in [0.1, 0.15) is 27.1 Å². The lowest BCUT2D eigenvalue weighted by Crippen LogP contribution is -1.98. The molecule has 2 aromatic rings. The Kier molecular flexibility index (Phi) is 4.70. The first-order chi connectivity index (χ1) is 8.90. The van der Waals surface area contributed by atoms with E-state index < -0.39 is 0 Å². The van der Waals surface area contributed by atoms with E-state index >= 15 is 0 Å². The molecule has 0 aliphatic carbocycles. The third kappa shape index (κ3) is 3.21. The molecule has 4 heteroatoms. The summed E-state index contributed by atoms with van der Waals surface area (Å²) < 4.78 is 14.6. The van der Waals surface area contributed by atoms with Crippen molar-refractivity contribution in [2.24, 2.45) is 0 Å². The Bertz CT molecular complexity index is 603. The highest BCUT2D eigenvalue weighted by Crippen LogP contribution is 2.37. The van der Waals surface area contributed by atoms with E-state index in [9.17, 15) is 4.39 Å². The molecular formula is C15H12Br2ClF. The molecule has 0 radical (unpaired) electrons. The van der Waals surface area contributed by atoms with Crippen LogP contribution in [0.15, 0.2) is 34.8 Å². The second-order valence-corrected chi connectivity index (χ2v) is 6.70. The van der Waals surface area contributed by atoms with E-state index in [0.29, 0.717) is 16.1 Å². The van der Waals surface area contributed by atoms with E-state index in [1.807, 2.05) is 30.3 Å². The maximum atomic E-state index is 13.7. The van der Waals surface area contributed by atoms with Crippen molar-refractivity contribution in [3.63, 3.8) is 0 Å². The fourth-order valence-electron chi connectivity index (χ4n) is 2.01. The normalized spacial score (nSPS) is 12.5. The molecular weight excluding hydrogens is 394 g/mol. The number of aryl methyl sites for hydroxylation is 2. The number of hydrogen-bond donors (Lipinski definition) is 0. The van der Waals surface area contributed by atoms with Gasteiger partial charge in [0.2, 0.25) is 0 Å². The van der Waals surface area contributed by atoms with Crippen molar-refractivity contribution in [1.29, 1.82) is 0 Å². The van der Waals surface area contributed by atoms with Gasteiger partial charge in [0.1, 0.15) is 5.82 Å². The summed E-state index contributed by atoms with van der Waals surface area (Å²) in [6.45, 7) is 3.56. The standard InChI is InChI=1S/C15H12Br2ClF/c1-8-5-10(6-9(2)15(8)19)14(17)12-4-3-11(18)7-13(12)16/h3-7,14H,1-2H3. The predicted molar refractivity (Wildman–Crippen MR) is 85.8 cm³/mol. The van der Waals surface area contributed by atoms with Crippen LogP contribution in [-0.2, 0) is 0 Å². The van der Waals surface area contributed by atoms with Crippen LogP contribution < -0.4 is 0 Å². The molecule has 0 aliphatic rings. The van der Waals surface area contributed by atoms with Crippen LogP contribution in [0.3, 0.4) is 0 Å². The zero-order chi connectivity index (χ0) is 14.2. The molecule has 100 valence electrons. The van der Waals surface area contributed by atoms with E-state index in [2.05, 4.69) is 31.9 Å². The average molecular weight is 407 g/mol. The van der Waals surface area contributed by atoms with Gasteiger partial charge in [0, 0.05) is 9.50 Å². The molecule has 0 N–H and O–H groups in total. The van der Waals surface area contributed by atoms with E-state index in [1.165, 1.54) is 0 Å². The molecule has 19 heavy (non-hydrogen) atoms. The minimum Gasteiger partial charge on any atom is -0.206 e. The number of hydrogen-bond acceptors (Lipinski definition) is 0. The molecule has 0 aromatic heterocycles. The first kappa shape index (κ1) is 15.0. The summed E-state index contributed by atoms with van der Waals surface area (Å²) >= 11 is 13.1. The van der Waals surface area contributed by atoms with Crippen LogP contribution in [0, 0.1) is 19.7 Å². The highest BCUT2D eigenvalue weighted by molar-refractivity contribution is 9.11. The van der Waals surface area contributed by atoms with Crippen LogP contribution in [0.25, 0.3) is 0 Å². The molecule has 0 bridgehead atoms. The van der Waals surface area contributed by atoms with Crippen molar-refractivity contribution < 1.29 is 4.39 Å². The molecule has 0 saturated carbocycles.